The minimum Gasteiger partial charge on any atom is -0.367 e. The molecule has 2 N–H and O–H groups in total. The second-order valence-corrected chi connectivity index (χ2v) is 8.61. The van der Waals surface area contributed by atoms with Crippen molar-refractivity contribution < 1.29 is 8.42 Å². The molecular formula is C19H23N7O2S. The Morgan fingerprint density at radius 3 is 2.10 bits per heavy atom. The molecule has 10 heteroatoms. The van der Waals surface area contributed by atoms with Gasteiger partial charge in [0.1, 0.15) is 4.90 Å². The molecule has 1 aromatic carbocycles. The number of nitrogens with two attached hydrogens (primary N) is 1. The third-order valence-corrected chi connectivity index (χ3v) is 5.94. The normalized spacial score (nSPS) is 15.0. The van der Waals surface area contributed by atoms with Crippen molar-refractivity contribution in [2.24, 2.45) is 5.14 Å². The van der Waals surface area contributed by atoms with E-state index < -0.39 is 10.0 Å². The maximum Gasteiger partial charge on any atom is 0.240 e. The molecule has 0 unspecified atom stereocenters. The molecule has 1 aliphatic rings. The van der Waals surface area contributed by atoms with Gasteiger partial charge in [-0.2, -0.15) is 5.10 Å². The third-order valence-electron chi connectivity index (χ3n) is 4.98. The first-order valence-corrected chi connectivity index (χ1v) is 10.9. The summed E-state index contributed by atoms with van der Waals surface area (Å²) < 4.78 is 25.5. The average Bonchev–Trinajstić information content (AvgIpc) is 3.06. The van der Waals surface area contributed by atoms with E-state index in [1.54, 1.807) is 22.9 Å². The molecule has 3 heterocycles. The van der Waals surface area contributed by atoms with E-state index in [1.807, 2.05) is 43.0 Å². The summed E-state index contributed by atoms with van der Waals surface area (Å²) in [5.74, 6) is 1.47. The highest BCUT2D eigenvalue weighted by Gasteiger charge is 2.23. The predicted molar refractivity (Wildman–Crippen MR) is 111 cm³/mol. The summed E-state index contributed by atoms with van der Waals surface area (Å²) >= 11 is 0. The van der Waals surface area contributed by atoms with E-state index in [-0.39, 0.29) is 4.90 Å². The SMILES string of the molecule is Cc1cc(C)n(-c2ccc(N3CCN(c4ccccc4S(N)(=O)=O)CC3)nn2)n1. The van der Waals surface area contributed by atoms with Crippen molar-refractivity contribution in [1.29, 1.82) is 0 Å². The molecule has 1 aliphatic heterocycles. The Morgan fingerprint density at radius 1 is 0.897 bits per heavy atom. The van der Waals surface area contributed by atoms with Crippen LogP contribution in [0.4, 0.5) is 11.5 Å². The number of primary sulfonamides is 1. The van der Waals surface area contributed by atoms with Crippen LogP contribution in [0.1, 0.15) is 11.4 Å². The summed E-state index contributed by atoms with van der Waals surface area (Å²) in [5, 5.41) is 18.5. The highest BCUT2D eigenvalue weighted by atomic mass is 32.2. The standard InChI is InChI=1S/C19H23N7O2S/c1-14-13-15(2)26(23-14)19-8-7-18(21-22-19)25-11-9-24(10-12-25)16-5-3-4-6-17(16)29(20,27)28/h3-8,13H,9-12H2,1-2H3,(H2,20,27,28). The van der Waals surface area contributed by atoms with Crippen molar-refractivity contribution in [3.63, 3.8) is 0 Å². The fraction of sp³-hybridized carbons (Fsp3) is 0.316. The molecule has 0 bridgehead atoms. The predicted octanol–water partition coefficient (Wildman–Crippen LogP) is 1.25. The van der Waals surface area contributed by atoms with Gasteiger partial charge in [-0.15, -0.1) is 10.2 Å². The number of sulfonamides is 1. The van der Waals surface area contributed by atoms with Crippen molar-refractivity contribution in [3.05, 3.63) is 53.9 Å². The number of para-hydroxylation sites is 1. The number of rotatable bonds is 4. The lowest BCUT2D eigenvalue weighted by Gasteiger charge is -2.37. The van der Waals surface area contributed by atoms with Gasteiger partial charge >= 0.3 is 0 Å². The summed E-state index contributed by atoms with van der Waals surface area (Å²) in [5.41, 5.74) is 2.58. The summed E-state index contributed by atoms with van der Waals surface area (Å²) in [7, 11) is -3.77. The Hall–Kier alpha value is -2.98. The second-order valence-electron chi connectivity index (χ2n) is 7.08. The number of aromatic nitrogens is 4. The van der Waals surface area contributed by atoms with Crippen LogP contribution in [-0.2, 0) is 10.0 Å². The lowest BCUT2D eigenvalue weighted by atomic mass is 10.2. The molecule has 4 rings (SSSR count). The van der Waals surface area contributed by atoms with Crippen molar-refractivity contribution in [1.82, 2.24) is 20.0 Å². The molecule has 152 valence electrons. The maximum absolute atomic E-state index is 11.9. The van der Waals surface area contributed by atoms with E-state index in [0.717, 1.165) is 17.2 Å². The van der Waals surface area contributed by atoms with E-state index >= 15 is 0 Å². The average molecular weight is 414 g/mol. The number of piperazine rings is 1. The van der Waals surface area contributed by atoms with Crippen LogP contribution < -0.4 is 14.9 Å². The Balaban J connectivity index is 1.47. The summed E-state index contributed by atoms with van der Waals surface area (Å²) in [6, 6.07) is 12.7. The highest BCUT2D eigenvalue weighted by Crippen LogP contribution is 2.26. The van der Waals surface area contributed by atoms with Gasteiger partial charge in [0.25, 0.3) is 0 Å². The van der Waals surface area contributed by atoms with Crippen LogP contribution in [0.5, 0.6) is 0 Å². The quantitative estimate of drug-likeness (QED) is 0.685. The van der Waals surface area contributed by atoms with E-state index in [2.05, 4.69) is 20.2 Å². The Bertz CT molecular complexity index is 1120. The van der Waals surface area contributed by atoms with Crippen LogP contribution >= 0.6 is 0 Å². The first-order chi connectivity index (χ1) is 13.8. The van der Waals surface area contributed by atoms with E-state index in [1.165, 1.54) is 0 Å². The number of benzene rings is 1. The van der Waals surface area contributed by atoms with Gasteiger partial charge in [0, 0.05) is 31.9 Å². The molecule has 29 heavy (non-hydrogen) atoms. The number of anilines is 2. The van der Waals surface area contributed by atoms with E-state index in [9.17, 15) is 8.42 Å². The minimum atomic E-state index is -3.77. The molecule has 9 nitrogen and oxygen atoms in total. The molecule has 2 aromatic heterocycles. The van der Waals surface area contributed by atoms with Crippen LogP contribution in [0.25, 0.3) is 5.82 Å². The van der Waals surface area contributed by atoms with Gasteiger partial charge in [0.15, 0.2) is 11.6 Å². The molecule has 0 amide bonds. The first-order valence-electron chi connectivity index (χ1n) is 9.32. The summed E-state index contributed by atoms with van der Waals surface area (Å²) in [6.07, 6.45) is 0. The molecule has 0 atom stereocenters. The van der Waals surface area contributed by atoms with Crippen LogP contribution in [0.2, 0.25) is 0 Å². The van der Waals surface area contributed by atoms with Gasteiger partial charge in [0.2, 0.25) is 10.0 Å². The van der Waals surface area contributed by atoms with Gasteiger partial charge in [-0.25, -0.2) is 18.2 Å². The Kier molecular flexibility index (Phi) is 4.97. The Labute approximate surface area is 169 Å². The van der Waals surface area contributed by atoms with Crippen LogP contribution in [-0.4, -0.2) is 54.6 Å². The maximum atomic E-state index is 11.9. The van der Waals surface area contributed by atoms with Gasteiger partial charge < -0.3 is 9.80 Å². The fourth-order valence-corrected chi connectivity index (χ4v) is 4.35. The zero-order valence-electron chi connectivity index (χ0n) is 16.4. The van der Waals surface area contributed by atoms with Gasteiger partial charge in [-0.05, 0) is 44.2 Å². The lowest BCUT2D eigenvalue weighted by Crippen LogP contribution is -2.47. The molecule has 0 spiro atoms. The van der Waals surface area contributed by atoms with Crippen molar-refractivity contribution in [2.75, 3.05) is 36.0 Å². The smallest absolute Gasteiger partial charge is 0.240 e. The van der Waals surface area contributed by atoms with Crippen molar-refractivity contribution >= 4 is 21.5 Å². The zero-order chi connectivity index (χ0) is 20.6. The first kappa shape index (κ1) is 19.3. The molecular weight excluding hydrogens is 390 g/mol. The van der Waals surface area contributed by atoms with Crippen LogP contribution in [0.15, 0.2) is 47.4 Å². The highest BCUT2D eigenvalue weighted by molar-refractivity contribution is 7.89. The monoisotopic (exact) mass is 413 g/mol. The zero-order valence-corrected chi connectivity index (χ0v) is 17.2. The second kappa shape index (κ2) is 7.45. The summed E-state index contributed by atoms with van der Waals surface area (Å²) in [4.78, 5) is 4.32. The van der Waals surface area contributed by atoms with Crippen molar-refractivity contribution in [2.45, 2.75) is 18.7 Å². The fourth-order valence-electron chi connectivity index (χ4n) is 3.60. The largest absolute Gasteiger partial charge is 0.367 e. The Morgan fingerprint density at radius 2 is 1.52 bits per heavy atom. The molecule has 1 fully saturated rings. The van der Waals surface area contributed by atoms with Gasteiger partial charge in [0.05, 0.1) is 11.4 Å². The van der Waals surface area contributed by atoms with E-state index in [0.29, 0.717) is 37.7 Å². The van der Waals surface area contributed by atoms with Crippen LogP contribution in [0, 0.1) is 13.8 Å². The summed E-state index contributed by atoms with van der Waals surface area (Å²) in [6.45, 7) is 6.65. The molecule has 1 saturated heterocycles. The topological polar surface area (TPSA) is 110 Å². The number of nitrogens with zero attached hydrogens (tertiary/aromatic N) is 6. The molecule has 0 saturated carbocycles. The lowest BCUT2D eigenvalue weighted by molar-refractivity contribution is 0.595. The molecule has 0 radical (unpaired) electrons. The van der Waals surface area contributed by atoms with E-state index in [4.69, 9.17) is 5.14 Å². The molecule has 0 aliphatic carbocycles. The number of hydrogen-bond donors (Lipinski definition) is 1. The number of hydrogen-bond acceptors (Lipinski definition) is 7. The number of aryl methyl sites for hydroxylation is 2. The third kappa shape index (κ3) is 3.94. The minimum absolute atomic E-state index is 0.155. The van der Waals surface area contributed by atoms with Crippen molar-refractivity contribution in [3.8, 4) is 5.82 Å². The van der Waals surface area contributed by atoms with Crippen LogP contribution in [0.3, 0.4) is 0 Å². The van der Waals surface area contributed by atoms with Gasteiger partial charge in [-0.3, -0.25) is 0 Å². The molecule has 3 aromatic rings. The van der Waals surface area contributed by atoms with Gasteiger partial charge in [-0.1, -0.05) is 12.1 Å².